The van der Waals surface area contributed by atoms with Gasteiger partial charge in [-0.1, -0.05) is 18.2 Å². The fourth-order valence-electron chi connectivity index (χ4n) is 3.71. The van der Waals surface area contributed by atoms with E-state index in [1.807, 2.05) is 53.9 Å². The van der Waals surface area contributed by atoms with Crippen LogP contribution in [0.4, 0.5) is 5.69 Å². The zero-order valence-electron chi connectivity index (χ0n) is 15.6. The fraction of sp³-hybridized carbons (Fsp3) is 0.143. The van der Waals surface area contributed by atoms with Crippen LogP contribution in [0.3, 0.4) is 0 Å². The maximum Gasteiger partial charge on any atom is 0.262 e. The molecule has 5 rings (SSSR count). The number of fused-ring (bicyclic) bond motifs is 4. The van der Waals surface area contributed by atoms with Crippen LogP contribution in [0.2, 0.25) is 0 Å². The van der Waals surface area contributed by atoms with E-state index in [0.29, 0.717) is 17.7 Å². The van der Waals surface area contributed by atoms with Crippen molar-refractivity contribution in [2.45, 2.75) is 6.54 Å². The molecule has 7 heteroatoms. The quantitative estimate of drug-likeness (QED) is 0.488. The molecular weight excluding hydrogens is 352 g/mol. The molecule has 3 aromatic heterocycles. The van der Waals surface area contributed by atoms with Gasteiger partial charge >= 0.3 is 0 Å². The summed E-state index contributed by atoms with van der Waals surface area (Å²) in [6.45, 7) is 0.539. The Bertz CT molecular complexity index is 1400. The molecule has 0 bridgehead atoms. The van der Waals surface area contributed by atoms with Gasteiger partial charge in [-0.3, -0.25) is 18.7 Å². The maximum atomic E-state index is 12.6. The minimum Gasteiger partial charge on any atom is -0.366 e. The van der Waals surface area contributed by atoms with Crippen molar-refractivity contribution in [3.8, 4) is 0 Å². The molecule has 138 valence electrons. The molecule has 0 aliphatic carbocycles. The molecule has 0 saturated heterocycles. The molecule has 0 aliphatic rings. The average molecular weight is 370 g/mol. The average Bonchev–Trinajstić information content (AvgIpc) is 3.15. The lowest BCUT2D eigenvalue weighted by atomic mass is 10.1. The second-order valence-electron chi connectivity index (χ2n) is 6.84. The summed E-state index contributed by atoms with van der Waals surface area (Å²) in [5, 5.41) is 10.4. The molecular formula is C21H18N6O. The highest BCUT2D eigenvalue weighted by Gasteiger charge is 2.16. The largest absolute Gasteiger partial charge is 0.366 e. The summed E-state index contributed by atoms with van der Waals surface area (Å²) >= 11 is 0. The van der Waals surface area contributed by atoms with E-state index in [4.69, 9.17) is 0 Å². The van der Waals surface area contributed by atoms with Crippen LogP contribution in [-0.2, 0) is 13.6 Å². The van der Waals surface area contributed by atoms with Crippen LogP contribution in [0.25, 0.3) is 27.6 Å². The molecule has 3 heterocycles. The standard InChI is InChI=1S/C21H18N6O/c1-25(17-11-5-9-16-14(17)8-6-12-22-16)13-19-23-24-21-26(2)20(28)15-7-3-4-10-18(15)27(19)21/h3-12H,13H2,1-2H3. The molecule has 0 amide bonds. The van der Waals surface area contributed by atoms with Crippen molar-refractivity contribution in [3.63, 3.8) is 0 Å². The molecule has 5 aromatic rings. The van der Waals surface area contributed by atoms with Gasteiger partial charge in [0.2, 0.25) is 5.78 Å². The highest BCUT2D eigenvalue weighted by atomic mass is 16.1. The van der Waals surface area contributed by atoms with Gasteiger partial charge in [0.15, 0.2) is 5.82 Å². The summed E-state index contributed by atoms with van der Waals surface area (Å²) < 4.78 is 3.50. The number of hydrogen-bond acceptors (Lipinski definition) is 5. The van der Waals surface area contributed by atoms with Crippen molar-refractivity contribution in [3.05, 3.63) is 77.0 Å². The van der Waals surface area contributed by atoms with Gasteiger partial charge in [0.1, 0.15) is 0 Å². The Morgan fingerprint density at radius 2 is 1.79 bits per heavy atom. The van der Waals surface area contributed by atoms with Crippen molar-refractivity contribution in [2.24, 2.45) is 7.05 Å². The maximum absolute atomic E-state index is 12.6. The minimum absolute atomic E-state index is 0.0736. The van der Waals surface area contributed by atoms with E-state index >= 15 is 0 Å². The van der Waals surface area contributed by atoms with Crippen molar-refractivity contribution in [1.29, 1.82) is 0 Å². The van der Waals surface area contributed by atoms with Gasteiger partial charge in [-0.15, -0.1) is 10.2 Å². The first-order valence-corrected chi connectivity index (χ1v) is 9.02. The lowest BCUT2D eigenvalue weighted by molar-refractivity contribution is 0.822. The Balaban J connectivity index is 1.67. The summed E-state index contributed by atoms with van der Waals surface area (Å²) in [6.07, 6.45) is 1.80. The molecule has 28 heavy (non-hydrogen) atoms. The number of benzene rings is 2. The highest BCUT2D eigenvalue weighted by Crippen LogP contribution is 2.26. The first-order valence-electron chi connectivity index (χ1n) is 9.02. The third kappa shape index (κ3) is 2.36. The third-order valence-electron chi connectivity index (χ3n) is 5.11. The van der Waals surface area contributed by atoms with Crippen LogP contribution in [0.1, 0.15) is 5.82 Å². The zero-order chi connectivity index (χ0) is 19.3. The molecule has 0 atom stereocenters. The molecule has 7 nitrogen and oxygen atoms in total. The summed E-state index contributed by atoms with van der Waals surface area (Å²) in [6, 6.07) is 17.6. The van der Waals surface area contributed by atoms with Gasteiger partial charge in [0.25, 0.3) is 5.56 Å². The Morgan fingerprint density at radius 1 is 0.964 bits per heavy atom. The van der Waals surface area contributed by atoms with Gasteiger partial charge in [-0.25, -0.2) is 0 Å². The van der Waals surface area contributed by atoms with Crippen LogP contribution < -0.4 is 10.5 Å². The van der Waals surface area contributed by atoms with Crippen LogP contribution in [0.5, 0.6) is 0 Å². The number of aromatic nitrogens is 5. The SMILES string of the molecule is CN(Cc1nnc2n(C)c(=O)c3ccccc3n12)c1cccc2ncccc12. The molecule has 0 spiro atoms. The Morgan fingerprint density at radius 3 is 2.68 bits per heavy atom. The van der Waals surface area contributed by atoms with E-state index in [2.05, 4.69) is 32.2 Å². The monoisotopic (exact) mass is 370 g/mol. The van der Waals surface area contributed by atoms with Crippen molar-refractivity contribution in [2.75, 3.05) is 11.9 Å². The van der Waals surface area contributed by atoms with E-state index < -0.39 is 0 Å². The lowest BCUT2D eigenvalue weighted by Gasteiger charge is -2.20. The van der Waals surface area contributed by atoms with E-state index in [1.165, 1.54) is 0 Å². The van der Waals surface area contributed by atoms with Crippen LogP contribution in [-0.4, -0.2) is 31.2 Å². The van der Waals surface area contributed by atoms with Crippen molar-refractivity contribution >= 4 is 33.3 Å². The molecule has 0 saturated carbocycles. The summed E-state index contributed by atoms with van der Waals surface area (Å²) in [4.78, 5) is 19.2. The van der Waals surface area contributed by atoms with Crippen LogP contribution >= 0.6 is 0 Å². The molecule has 0 fully saturated rings. The van der Waals surface area contributed by atoms with Gasteiger partial charge in [-0.2, -0.15) is 0 Å². The fourth-order valence-corrected chi connectivity index (χ4v) is 3.71. The number of hydrogen-bond donors (Lipinski definition) is 0. The first kappa shape index (κ1) is 16.4. The number of anilines is 1. The molecule has 2 aromatic carbocycles. The van der Waals surface area contributed by atoms with E-state index in [-0.39, 0.29) is 5.56 Å². The Kier molecular flexibility index (Phi) is 3.61. The van der Waals surface area contributed by atoms with Crippen LogP contribution in [0, 0.1) is 0 Å². The number of pyridine rings is 1. The third-order valence-corrected chi connectivity index (χ3v) is 5.11. The number of para-hydroxylation sites is 1. The summed E-state index contributed by atoms with van der Waals surface area (Å²) in [7, 11) is 3.75. The zero-order valence-corrected chi connectivity index (χ0v) is 15.6. The minimum atomic E-state index is -0.0736. The summed E-state index contributed by atoms with van der Waals surface area (Å²) in [5.74, 6) is 1.30. The predicted octanol–water partition coefficient (Wildman–Crippen LogP) is 2.77. The number of rotatable bonds is 3. The van der Waals surface area contributed by atoms with Gasteiger partial charge in [0, 0.05) is 31.4 Å². The first-order chi connectivity index (χ1) is 13.6. The molecule has 0 unspecified atom stereocenters. The number of nitrogens with zero attached hydrogens (tertiary/aromatic N) is 6. The Labute approximate surface area is 160 Å². The van der Waals surface area contributed by atoms with Crippen molar-refractivity contribution < 1.29 is 0 Å². The number of aryl methyl sites for hydroxylation is 1. The normalized spacial score (nSPS) is 11.5. The second kappa shape index (κ2) is 6.16. The molecule has 0 radical (unpaired) electrons. The van der Waals surface area contributed by atoms with Crippen LogP contribution in [0.15, 0.2) is 65.6 Å². The molecule has 0 N–H and O–H groups in total. The van der Waals surface area contributed by atoms with E-state index in [0.717, 1.165) is 27.9 Å². The van der Waals surface area contributed by atoms with Gasteiger partial charge < -0.3 is 4.90 Å². The van der Waals surface area contributed by atoms with E-state index in [9.17, 15) is 4.79 Å². The summed E-state index contributed by atoms with van der Waals surface area (Å²) in [5.41, 5.74) is 2.76. The predicted molar refractivity (Wildman–Crippen MR) is 110 cm³/mol. The highest BCUT2D eigenvalue weighted by molar-refractivity contribution is 5.91. The van der Waals surface area contributed by atoms with Gasteiger partial charge in [0.05, 0.1) is 23.0 Å². The smallest absolute Gasteiger partial charge is 0.262 e. The Hall–Kier alpha value is -3.74. The second-order valence-corrected chi connectivity index (χ2v) is 6.84. The van der Waals surface area contributed by atoms with Gasteiger partial charge in [-0.05, 0) is 36.4 Å². The topological polar surface area (TPSA) is 68.3 Å². The van der Waals surface area contributed by atoms with E-state index in [1.54, 1.807) is 17.8 Å². The van der Waals surface area contributed by atoms with Crippen molar-refractivity contribution in [1.82, 2.24) is 24.1 Å². The lowest BCUT2D eigenvalue weighted by Crippen LogP contribution is -2.22. The molecule has 0 aliphatic heterocycles.